The van der Waals surface area contributed by atoms with Crippen molar-refractivity contribution in [3.63, 3.8) is 0 Å². The fraction of sp³-hybridized carbons (Fsp3) is 0.368. The van der Waals surface area contributed by atoms with Gasteiger partial charge in [-0.05, 0) is 45.9 Å². The zero-order valence-electron chi connectivity index (χ0n) is 16.9. The van der Waals surface area contributed by atoms with Crippen molar-refractivity contribution in [1.82, 2.24) is 5.32 Å². The molecule has 8 nitrogen and oxygen atoms in total. The molecule has 1 heterocycles. The van der Waals surface area contributed by atoms with E-state index in [1.165, 1.54) is 26.0 Å². The summed E-state index contributed by atoms with van der Waals surface area (Å²) in [5, 5.41) is 2.84. The van der Waals surface area contributed by atoms with E-state index in [-0.39, 0.29) is 28.8 Å². The Labute approximate surface area is 170 Å². The highest BCUT2D eigenvalue weighted by molar-refractivity contribution is 5.69. The normalized spacial score (nSPS) is 14.5. The number of ether oxygens (including phenoxy) is 4. The number of benzene rings is 1. The minimum Gasteiger partial charge on any atom is -0.437 e. The molecular formula is C19H21F3N2O6. The number of carbonyl (C=O) groups excluding carboxylic acids is 2. The molecule has 1 aliphatic heterocycles. The van der Waals surface area contributed by atoms with Gasteiger partial charge in [-0.2, -0.15) is 13.2 Å². The quantitative estimate of drug-likeness (QED) is 0.680. The molecule has 1 aromatic rings. The third-order valence-corrected chi connectivity index (χ3v) is 3.71. The predicted octanol–water partition coefficient (Wildman–Crippen LogP) is 4.84. The van der Waals surface area contributed by atoms with Crippen LogP contribution in [0.4, 0.5) is 28.4 Å². The molecule has 0 saturated carbocycles. The summed E-state index contributed by atoms with van der Waals surface area (Å²) in [4.78, 5) is 24.8. The SMILES string of the molecule is COC(=O)OC1=C(C)NC(C)=C(OC(=O)OC(C)C)N1c1cccc(C(F)(F)F)c1. The number of hydrogen-bond donors (Lipinski definition) is 1. The largest absolute Gasteiger partial charge is 0.515 e. The number of halogens is 3. The number of allylic oxidation sites excluding steroid dienone is 2. The van der Waals surface area contributed by atoms with Gasteiger partial charge in [-0.15, -0.1) is 0 Å². The van der Waals surface area contributed by atoms with Crippen molar-refractivity contribution in [2.24, 2.45) is 0 Å². The highest BCUT2D eigenvalue weighted by Crippen LogP contribution is 2.36. The summed E-state index contributed by atoms with van der Waals surface area (Å²) < 4.78 is 59.5. The van der Waals surface area contributed by atoms with E-state index < -0.39 is 30.2 Å². The number of hydrogen-bond acceptors (Lipinski definition) is 8. The molecule has 1 aromatic carbocycles. The van der Waals surface area contributed by atoms with Crippen LogP contribution in [0.25, 0.3) is 0 Å². The Hall–Kier alpha value is -3.37. The van der Waals surface area contributed by atoms with Gasteiger partial charge in [-0.3, -0.25) is 0 Å². The van der Waals surface area contributed by atoms with E-state index in [0.717, 1.165) is 24.1 Å². The van der Waals surface area contributed by atoms with Gasteiger partial charge in [0.05, 0.1) is 35.9 Å². The van der Waals surface area contributed by atoms with Crippen molar-refractivity contribution >= 4 is 18.0 Å². The lowest BCUT2D eigenvalue weighted by Crippen LogP contribution is -2.38. The maximum Gasteiger partial charge on any atom is 0.515 e. The van der Waals surface area contributed by atoms with Gasteiger partial charge in [0, 0.05) is 0 Å². The molecule has 0 unspecified atom stereocenters. The van der Waals surface area contributed by atoms with Crippen LogP contribution < -0.4 is 10.2 Å². The van der Waals surface area contributed by atoms with Gasteiger partial charge < -0.3 is 24.3 Å². The number of nitrogens with zero attached hydrogens (tertiary/aromatic N) is 1. The lowest BCUT2D eigenvalue weighted by atomic mass is 10.1. The average molecular weight is 430 g/mol. The zero-order valence-corrected chi connectivity index (χ0v) is 16.9. The summed E-state index contributed by atoms with van der Waals surface area (Å²) in [5.41, 5.74) is -0.491. The first-order valence-electron chi connectivity index (χ1n) is 8.74. The second kappa shape index (κ2) is 8.97. The molecule has 0 bridgehead atoms. The van der Waals surface area contributed by atoms with Crippen molar-refractivity contribution < 1.29 is 41.7 Å². The van der Waals surface area contributed by atoms with Gasteiger partial charge >= 0.3 is 18.5 Å². The third kappa shape index (κ3) is 5.37. The molecule has 30 heavy (non-hydrogen) atoms. The van der Waals surface area contributed by atoms with Crippen molar-refractivity contribution in [1.29, 1.82) is 0 Å². The number of anilines is 1. The molecule has 0 aromatic heterocycles. The van der Waals surface area contributed by atoms with Crippen molar-refractivity contribution in [3.8, 4) is 0 Å². The minimum atomic E-state index is -4.62. The fourth-order valence-electron chi connectivity index (χ4n) is 2.53. The Balaban J connectivity index is 2.58. The predicted molar refractivity (Wildman–Crippen MR) is 98.7 cm³/mol. The van der Waals surface area contributed by atoms with E-state index in [1.807, 2.05) is 0 Å². The molecule has 0 fully saturated rings. The third-order valence-electron chi connectivity index (χ3n) is 3.71. The molecule has 0 radical (unpaired) electrons. The Bertz CT molecular complexity index is 893. The highest BCUT2D eigenvalue weighted by atomic mass is 19.4. The summed E-state index contributed by atoms with van der Waals surface area (Å²) in [6.45, 7) is 6.24. The Morgan fingerprint density at radius 2 is 1.60 bits per heavy atom. The number of nitrogens with one attached hydrogen (secondary N) is 1. The number of carbonyl (C=O) groups is 2. The van der Waals surface area contributed by atoms with Gasteiger partial charge in [-0.1, -0.05) is 6.07 Å². The molecule has 1 aliphatic rings. The number of alkyl halides is 3. The first-order valence-corrected chi connectivity index (χ1v) is 8.74. The van der Waals surface area contributed by atoms with Crippen molar-refractivity contribution in [2.45, 2.75) is 40.0 Å². The van der Waals surface area contributed by atoms with Crippen LogP contribution in [0, 0.1) is 0 Å². The van der Waals surface area contributed by atoms with Crippen LogP contribution >= 0.6 is 0 Å². The maximum absolute atomic E-state index is 13.2. The summed E-state index contributed by atoms with van der Waals surface area (Å²) in [7, 11) is 1.07. The summed E-state index contributed by atoms with van der Waals surface area (Å²) >= 11 is 0. The van der Waals surface area contributed by atoms with Crippen LogP contribution in [0.15, 0.2) is 47.4 Å². The molecule has 11 heteroatoms. The first-order chi connectivity index (χ1) is 13.9. The highest BCUT2D eigenvalue weighted by Gasteiger charge is 2.35. The van der Waals surface area contributed by atoms with E-state index in [1.54, 1.807) is 13.8 Å². The van der Waals surface area contributed by atoms with Crippen LogP contribution in [-0.4, -0.2) is 25.5 Å². The smallest absolute Gasteiger partial charge is 0.437 e. The van der Waals surface area contributed by atoms with E-state index in [2.05, 4.69) is 10.1 Å². The topological polar surface area (TPSA) is 86.3 Å². The van der Waals surface area contributed by atoms with Crippen LogP contribution in [-0.2, 0) is 25.1 Å². The monoisotopic (exact) mass is 430 g/mol. The van der Waals surface area contributed by atoms with Gasteiger partial charge in [0.1, 0.15) is 0 Å². The Kier molecular flexibility index (Phi) is 6.85. The molecular weight excluding hydrogens is 409 g/mol. The minimum absolute atomic E-state index is 0.0729. The average Bonchev–Trinajstić information content (AvgIpc) is 2.64. The van der Waals surface area contributed by atoms with E-state index in [9.17, 15) is 22.8 Å². The number of rotatable bonds is 4. The Morgan fingerprint density at radius 3 is 2.10 bits per heavy atom. The first kappa shape index (κ1) is 22.9. The van der Waals surface area contributed by atoms with Crippen LogP contribution in [0.2, 0.25) is 0 Å². The standard InChI is InChI=1S/C19H21F3N2O6/c1-10(2)28-18(26)30-16-12(4)23-11(3)15(29-17(25)27-5)24(16)14-8-6-7-13(9-14)19(20,21)22/h6-10,23H,1-5H3. The summed E-state index contributed by atoms with van der Waals surface area (Å²) in [6, 6.07) is 4.21. The number of methoxy groups -OCH3 is 1. The molecule has 0 saturated heterocycles. The molecule has 0 atom stereocenters. The van der Waals surface area contributed by atoms with Crippen molar-refractivity contribution in [2.75, 3.05) is 12.0 Å². The van der Waals surface area contributed by atoms with Crippen LogP contribution in [0.1, 0.15) is 33.3 Å². The van der Waals surface area contributed by atoms with E-state index >= 15 is 0 Å². The second-order valence-corrected chi connectivity index (χ2v) is 6.44. The van der Waals surface area contributed by atoms with Crippen LogP contribution in [0.3, 0.4) is 0 Å². The lowest BCUT2D eigenvalue weighted by Gasteiger charge is -2.33. The molecule has 164 valence electrons. The van der Waals surface area contributed by atoms with Gasteiger partial charge in [-0.25, -0.2) is 14.5 Å². The molecule has 0 amide bonds. The van der Waals surface area contributed by atoms with Gasteiger partial charge in [0.15, 0.2) is 0 Å². The molecule has 0 aliphatic carbocycles. The van der Waals surface area contributed by atoms with Crippen molar-refractivity contribution in [3.05, 3.63) is 53.0 Å². The summed E-state index contributed by atoms with van der Waals surface area (Å²) in [5.74, 6) is -0.469. The van der Waals surface area contributed by atoms with Gasteiger partial charge in [0.2, 0.25) is 11.8 Å². The van der Waals surface area contributed by atoms with E-state index in [4.69, 9.17) is 14.2 Å². The fourth-order valence-corrected chi connectivity index (χ4v) is 2.53. The molecule has 2 rings (SSSR count). The Morgan fingerprint density at radius 1 is 1.03 bits per heavy atom. The second-order valence-electron chi connectivity index (χ2n) is 6.44. The van der Waals surface area contributed by atoms with Crippen LogP contribution in [0.5, 0.6) is 0 Å². The zero-order chi connectivity index (χ0) is 22.6. The summed E-state index contributed by atoms with van der Waals surface area (Å²) in [6.07, 6.45) is -7.33. The maximum atomic E-state index is 13.2. The lowest BCUT2D eigenvalue weighted by molar-refractivity contribution is -0.137. The van der Waals surface area contributed by atoms with E-state index in [0.29, 0.717) is 0 Å². The molecule has 1 N–H and O–H groups in total. The van der Waals surface area contributed by atoms with Gasteiger partial charge in [0.25, 0.3) is 0 Å². The molecule has 0 spiro atoms.